The average Bonchev–Trinajstić information content (AvgIpc) is 2.17. The summed E-state index contributed by atoms with van der Waals surface area (Å²) in [5.41, 5.74) is 2.05. The predicted octanol–water partition coefficient (Wildman–Crippen LogP) is 3.16. The van der Waals surface area contributed by atoms with Crippen LogP contribution in [0.5, 0.6) is 0 Å². The molecule has 1 fully saturated rings. The van der Waals surface area contributed by atoms with Crippen LogP contribution < -0.4 is 0 Å². The van der Waals surface area contributed by atoms with Crippen LogP contribution in [-0.2, 0) is 4.12 Å². The Morgan fingerprint density at radius 1 is 1.12 bits per heavy atom. The Bertz CT molecular complexity index is 235. The van der Waals surface area contributed by atoms with Crippen molar-refractivity contribution in [3.63, 3.8) is 0 Å². The smallest absolute Gasteiger partial charge is 0.198 e. The minimum absolute atomic E-state index is 1.19. The van der Waals surface area contributed by atoms with E-state index in [0.29, 0.717) is 0 Å². The van der Waals surface area contributed by atoms with E-state index in [-0.39, 0.29) is 0 Å². The highest BCUT2D eigenvalue weighted by Gasteiger charge is 2.32. The molecule has 1 heterocycles. The van der Waals surface area contributed by atoms with Crippen LogP contribution in [-0.4, -0.2) is 40.8 Å². The maximum Gasteiger partial charge on any atom is 0.198 e. The minimum atomic E-state index is -1.60. The van der Waals surface area contributed by atoms with Crippen molar-refractivity contribution in [3.05, 3.63) is 12.3 Å². The van der Waals surface area contributed by atoms with Crippen molar-refractivity contribution in [2.75, 3.05) is 19.3 Å². The number of nitrogens with zero attached hydrogens (tertiary/aromatic N) is 1. The summed E-state index contributed by atoms with van der Waals surface area (Å²) in [6.45, 7) is 15.6. The number of rotatable bonds is 5. The number of piperidine rings is 1. The first kappa shape index (κ1) is 14.2. The lowest BCUT2D eigenvalue weighted by atomic mass is 10.1. The van der Waals surface area contributed by atoms with Crippen molar-refractivity contribution in [3.8, 4) is 0 Å². The Balaban J connectivity index is 2.46. The van der Waals surface area contributed by atoms with Crippen LogP contribution in [0.1, 0.15) is 19.3 Å². The molecule has 0 spiro atoms. The van der Waals surface area contributed by atoms with Crippen LogP contribution in [0.15, 0.2) is 12.3 Å². The van der Waals surface area contributed by atoms with Crippen molar-refractivity contribution >= 4 is 16.6 Å². The van der Waals surface area contributed by atoms with E-state index < -0.39 is 16.6 Å². The van der Waals surface area contributed by atoms with E-state index in [1.165, 1.54) is 38.5 Å². The lowest BCUT2D eigenvalue weighted by Gasteiger charge is -2.37. The average molecular weight is 258 g/mol. The highest BCUT2D eigenvalue weighted by Crippen LogP contribution is 2.18. The van der Waals surface area contributed by atoms with Crippen molar-refractivity contribution in [2.24, 2.45) is 0 Å². The molecule has 0 aromatic rings. The Labute approximate surface area is 103 Å². The summed E-state index contributed by atoms with van der Waals surface area (Å²) in [6, 6.07) is 0. The molecular formula is C12H27NOSi2. The van der Waals surface area contributed by atoms with Crippen molar-refractivity contribution in [1.82, 2.24) is 4.90 Å². The molecular weight excluding hydrogens is 230 g/mol. The van der Waals surface area contributed by atoms with Crippen molar-refractivity contribution in [2.45, 2.75) is 45.5 Å². The number of hydrogen-bond acceptors (Lipinski definition) is 2. The van der Waals surface area contributed by atoms with E-state index in [9.17, 15) is 0 Å². The van der Waals surface area contributed by atoms with Gasteiger partial charge in [0.25, 0.3) is 0 Å². The molecule has 16 heavy (non-hydrogen) atoms. The summed E-state index contributed by atoms with van der Waals surface area (Å²) in [6.07, 6.45) is 5.34. The maximum atomic E-state index is 6.40. The molecule has 0 radical (unpaired) electrons. The molecule has 0 amide bonds. The predicted molar refractivity (Wildman–Crippen MR) is 76.5 cm³/mol. The first-order valence-electron chi connectivity index (χ1n) is 6.41. The number of hydrogen-bond donors (Lipinski definition) is 0. The second kappa shape index (κ2) is 5.62. The summed E-state index contributed by atoms with van der Waals surface area (Å²) >= 11 is 0. The van der Waals surface area contributed by atoms with Gasteiger partial charge in [-0.1, -0.05) is 12.1 Å². The molecule has 0 bridgehead atoms. The van der Waals surface area contributed by atoms with Crippen LogP contribution in [0.2, 0.25) is 26.2 Å². The van der Waals surface area contributed by atoms with Gasteiger partial charge in [0.15, 0.2) is 16.6 Å². The third-order valence-corrected chi connectivity index (χ3v) is 9.59. The molecule has 0 saturated carbocycles. The normalized spacial score (nSPS) is 19.8. The molecule has 0 atom stereocenters. The van der Waals surface area contributed by atoms with Gasteiger partial charge >= 0.3 is 0 Å². The topological polar surface area (TPSA) is 12.5 Å². The van der Waals surface area contributed by atoms with Gasteiger partial charge in [0.2, 0.25) is 0 Å². The zero-order chi connectivity index (χ0) is 12.2. The molecule has 1 saturated heterocycles. The molecule has 0 aromatic heterocycles. The Morgan fingerprint density at radius 2 is 1.69 bits per heavy atom. The van der Waals surface area contributed by atoms with Crippen molar-refractivity contribution < 1.29 is 4.12 Å². The molecule has 2 nitrogen and oxygen atoms in total. The Hall–Kier alpha value is 0.0938. The van der Waals surface area contributed by atoms with Gasteiger partial charge < -0.3 is 9.02 Å². The van der Waals surface area contributed by atoms with E-state index in [2.05, 4.69) is 43.4 Å². The molecule has 1 aliphatic rings. The third-order valence-electron chi connectivity index (χ3n) is 3.08. The lowest BCUT2D eigenvalue weighted by Crippen LogP contribution is -2.52. The van der Waals surface area contributed by atoms with Gasteiger partial charge in [-0.05, 0) is 52.1 Å². The van der Waals surface area contributed by atoms with Crippen LogP contribution >= 0.6 is 0 Å². The summed E-state index contributed by atoms with van der Waals surface area (Å²) in [4.78, 5) is 2.60. The zero-order valence-electron chi connectivity index (χ0n) is 11.4. The number of likely N-dealkylation sites (tertiary alicyclic amines) is 1. The van der Waals surface area contributed by atoms with E-state index in [1.807, 2.05) is 0 Å². The highest BCUT2D eigenvalue weighted by molar-refractivity contribution is 6.87. The Morgan fingerprint density at radius 3 is 2.19 bits per heavy atom. The Kier molecular flexibility index (Phi) is 4.97. The lowest BCUT2D eigenvalue weighted by molar-refractivity contribution is 0.251. The van der Waals surface area contributed by atoms with Gasteiger partial charge in [0.05, 0.1) is 0 Å². The molecule has 0 aliphatic carbocycles. The molecule has 0 unspecified atom stereocenters. The summed E-state index contributed by atoms with van der Waals surface area (Å²) < 4.78 is 6.40. The van der Waals surface area contributed by atoms with Crippen LogP contribution in [0, 0.1) is 0 Å². The van der Waals surface area contributed by atoms with Gasteiger partial charge in [0, 0.05) is 6.17 Å². The van der Waals surface area contributed by atoms with Gasteiger partial charge in [0.1, 0.15) is 0 Å². The van der Waals surface area contributed by atoms with Crippen LogP contribution in [0.4, 0.5) is 0 Å². The van der Waals surface area contributed by atoms with Crippen LogP contribution in [0.3, 0.4) is 0 Å². The second-order valence-electron chi connectivity index (χ2n) is 6.01. The fraction of sp³-hybridized carbons (Fsp3) is 0.833. The molecule has 0 aromatic carbocycles. The summed E-state index contributed by atoms with van der Waals surface area (Å²) in [7, 11) is -3.13. The zero-order valence-corrected chi connectivity index (χ0v) is 13.4. The molecule has 94 valence electrons. The molecule has 1 aliphatic heterocycles. The van der Waals surface area contributed by atoms with Crippen LogP contribution in [0.25, 0.3) is 0 Å². The standard InChI is InChI=1S/C12H27NOSi2/c1-6-15(2,3)14-16(4,5)12-13-10-8-7-9-11-13/h6H,1,7-12H2,2-5H3. The van der Waals surface area contributed by atoms with Gasteiger partial charge in [-0.25, -0.2) is 0 Å². The maximum absolute atomic E-state index is 6.40. The summed E-state index contributed by atoms with van der Waals surface area (Å²) in [5.74, 6) is 0. The highest BCUT2D eigenvalue weighted by atomic mass is 28.4. The monoisotopic (exact) mass is 257 g/mol. The van der Waals surface area contributed by atoms with Crippen molar-refractivity contribution in [1.29, 1.82) is 0 Å². The van der Waals surface area contributed by atoms with Gasteiger partial charge in [-0.15, -0.1) is 6.58 Å². The second-order valence-corrected chi connectivity index (χ2v) is 14.3. The quantitative estimate of drug-likeness (QED) is 0.702. The van der Waals surface area contributed by atoms with E-state index in [1.54, 1.807) is 0 Å². The van der Waals surface area contributed by atoms with E-state index in [4.69, 9.17) is 4.12 Å². The first-order chi connectivity index (χ1) is 7.35. The molecule has 0 N–H and O–H groups in total. The summed E-state index contributed by atoms with van der Waals surface area (Å²) in [5, 5.41) is 0. The minimum Gasteiger partial charge on any atom is -0.452 e. The van der Waals surface area contributed by atoms with E-state index in [0.717, 1.165) is 0 Å². The fourth-order valence-electron chi connectivity index (χ4n) is 2.44. The largest absolute Gasteiger partial charge is 0.452 e. The van der Waals surface area contributed by atoms with Gasteiger partial charge in [-0.3, -0.25) is 0 Å². The van der Waals surface area contributed by atoms with E-state index >= 15 is 0 Å². The van der Waals surface area contributed by atoms with Gasteiger partial charge in [-0.2, -0.15) is 0 Å². The molecule has 1 rings (SSSR count). The third kappa shape index (κ3) is 4.95. The molecule has 4 heteroatoms. The SMILES string of the molecule is C=C[Si](C)(C)O[Si](C)(C)CN1CCCCC1. The first-order valence-corrected chi connectivity index (χ1v) is 12.5. The fourth-order valence-corrected chi connectivity index (χ4v) is 10.1.